The summed E-state index contributed by atoms with van der Waals surface area (Å²) in [5.74, 6) is 0. The predicted octanol–water partition coefficient (Wildman–Crippen LogP) is 2.18. The zero-order valence-corrected chi connectivity index (χ0v) is 13.2. The van der Waals surface area contributed by atoms with Gasteiger partial charge >= 0.3 is 0 Å². The van der Waals surface area contributed by atoms with Crippen molar-refractivity contribution in [2.75, 3.05) is 26.7 Å². The molecule has 1 rings (SSSR count). The van der Waals surface area contributed by atoms with Crippen LogP contribution in [0.1, 0.15) is 47.5 Å². The molecule has 0 aromatic heterocycles. The Kier molecular flexibility index (Phi) is 6.61. The van der Waals surface area contributed by atoms with Gasteiger partial charge in [-0.1, -0.05) is 0 Å². The SMILES string of the molecule is CC1CC(NCCN(C(C)C)C(C)C)CCN1C. The van der Waals surface area contributed by atoms with Gasteiger partial charge in [0.05, 0.1) is 0 Å². The first-order valence-electron chi connectivity index (χ1n) is 7.61. The molecule has 1 aliphatic rings. The zero-order valence-electron chi connectivity index (χ0n) is 13.2. The lowest BCUT2D eigenvalue weighted by atomic mass is 9.99. The minimum atomic E-state index is 0.642. The average Bonchev–Trinajstić information content (AvgIpc) is 2.28. The van der Waals surface area contributed by atoms with Crippen LogP contribution in [0.3, 0.4) is 0 Å². The Morgan fingerprint density at radius 2 is 1.83 bits per heavy atom. The number of hydrogen-bond donors (Lipinski definition) is 1. The summed E-state index contributed by atoms with van der Waals surface area (Å²) in [6, 6.07) is 2.73. The smallest absolute Gasteiger partial charge is 0.0112 e. The third-order valence-electron chi connectivity index (χ3n) is 4.34. The lowest BCUT2D eigenvalue weighted by molar-refractivity contribution is 0.151. The Labute approximate surface area is 114 Å². The van der Waals surface area contributed by atoms with Crippen LogP contribution in [0.25, 0.3) is 0 Å². The van der Waals surface area contributed by atoms with E-state index in [0.717, 1.165) is 25.2 Å². The van der Waals surface area contributed by atoms with Gasteiger partial charge in [0.25, 0.3) is 0 Å². The summed E-state index contributed by atoms with van der Waals surface area (Å²) >= 11 is 0. The molecular formula is C15H33N3. The van der Waals surface area contributed by atoms with Crippen molar-refractivity contribution in [3.63, 3.8) is 0 Å². The van der Waals surface area contributed by atoms with Gasteiger partial charge in [0.15, 0.2) is 0 Å². The van der Waals surface area contributed by atoms with Gasteiger partial charge < -0.3 is 10.2 Å². The van der Waals surface area contributed by atoms with Crippen LogP contribution >= 0.6 is 0 Å². The number of piperidine rings is 1. The Bertz CT molecular complexity index is 220. The largest absolute Gasteiger partial charge is 0.313 e. The van der Waals surface area contributed by atoms with Crippen LogP contribution in [0.2, 0.25) is 0 Å². The third kappa shape index (κ3) is 4.87. The summed E-state index contributed by atoms with van der Waals surface area (Å²) in [5, 5.41) is 3.74. The van der Waals surface area contributed by atoms with Crippen LogP contribution in [0.5, 0.6) is 0 Å². The molecule has 3 nitrogen and oxygen atoms in total. The maximum Gasteiger partial charge on any atom is 0.0112 e. The first-order valence-corrected chi connectivity index (χ1v) is 7.61. The van der Waals surface area contributed by atoms with Crippen molar-refractivity contribution >= 4 is 0 Å². The molecule has 0 saturated carbocycles. The topological polar surface area (TPSA) is 18.5 Å². The van der Waals surface area contributed by atoms with E-state index in [4.69, 9.17) is 0 Å². The van der Waals surface area contributed by atoms with Crippen LogP contribution in [-0.2, 0) is 0 Å². The van der Waals surface area contributed by atoms with E-state index >= 15 is 0 Å². The molecule has 1 aliphatic heterocycles. The van der Waals surface area contributed by atoms with Crippen molar-refractivity contribution in [1.29, 1.82) is 0 Å². The van der Waals surface area contributed by atoms with Crippen molar-refractivity contribution in [1.82, 2.24) is 15.1 Å². The molecule has 18 heavy (non-hydrogen) atoms. The Balaban J connectivity index is 2.25. The quantitative estimate of drug-likeness (QED) is 0.785. The second-order valence-electron chi connectivity index (χ2n) is 6.43. The molecule has 0 spiro atoms. The number of hydrogen-bond acceptors (Lipinski definition) is 3. The molecule has 2 atom stereocenters. The third-order valence-corrected chi connectivity index (χ3v) is 4.34. The predicted molar refractivity (Wildman–Crippen MR) is 80.1 cm³/mol. The van der Waals surface area contributed by atoms with E-state index in [1.165, 1.54) is 19.4 Å². The van der Waals surface area contributed by atoms with Crippen LogP contribution in [0.15, 0.2) is 0 Å². The summed E-state index contributed by atoms with van der Waals surface area (Å²) < 4.78 is 0. The van der Waals surface area contributed by atoms with Crippen molar-refractivity contribution in [2.45, 2.75) is 71.6 Å². The van der Waals surface area contributed by atoms with Gasteiger partial charge in [-0.2, -0.15) is 0 Å². The molecule has 0 amide bonds. The summed E-state index contributed by atoms with van der Waals surface area (Å²) in [5.41, 5.74) is 0. The maximum atomic E-state index is 3.74. The van der Waals surface area contributed by atoms with E-state index < -0.39 is 0 Å². The van der Waals surface area contributed by atoms with Crippen LogP contribution in [-0.4, -0.2) is 60.6 Å². The highest BCUT2D eigenvalue weighted by molar-refractivity contribution is 4.81. The van der Waals surface area contributed by atoms with E-state index in [0.29, 0.717) is 12.1 Å². The molecule has 3 heteroatoms. The summed E-state index contributed by atoms with van der Waals surface area (Å²) in [4.78, 5) is 5.03. The highest BCUT2D eigenvalue weighted by Crippen LogP contribution is 2.15. The van der Waals surface area contributed by atoms with Gasteiger partial charge in [0.2, 0.25) is 0 Å². The summed E-state index contributed by atoms with van der Waals surface area (Å²) in [7, 11) is 2.24. The van der Waals surface area contributed by atoms with Crippen LogP contribution in [0, 0.1) is 0 Å². The molecule has 2 unspecified atom stereocenters. The van der Waals surface area contributed by atoms with E-state index in [2.05, 4.69) is 56.8 Å². The second kappa shape index (κ2) is 7.46. The van der Waals surface area contributed by atoms with Gasteiger partial charge in [-0.05, 0) is 61.1 Å². The molecule has 0 aromatic carbocycles. The van der Waals surface area contributed by atoms with Gasteiger partial charge in [-0.15, -0.1) is 0 Å². The molecule has 0 bridgehead atoms. The molecule has 1 N–H and O–H groups in total. The zero-order chi connectivity index (χ0) is 13.7. The minimum absolute atomic E-state index is 0.642. The van der Waals surface area contributed by atoms with Crippen molar-refractivity contribution in [2.24, 2.45) is 0 Å². The van der Waals surface area contributed by atoms with E-state index in [9.17, 15) is 0 Å². The monoisotopic (exact) mass is 255 g/mol. The Morgan fingerprint density at radius 3 is 2.33 bits per heavy atom. The lowest BCUT2D eigenvalue weighted by Gasteiger charge is -2.36. The minimum Gasteiger partial charge on any atom is -0.313 e. The van der Waals surface area contributed by atoms with Crippen molar-refractivity contribution in [3.05, 3.63) is 0 Å². The molecule has 1 heterocycles. The standard InChI is InChI=1S/C15H33N3/c1-12(2)18(13(3)4)10-8-16-15-7-9-17(6)14(5)11-15/h12-16H,7-11H2,1-6H3. The van der Waals surface area contributed by atoms with E-state index in [1.54, 1.807) is 0 Å². The molecular weight excluding hydrogens is 222 g/mol. The fraction of sp³-hybridized carbons (Fsp3) is 1.00. The van der Waals surface area contributed by atoms with Gasteiger partial charge in [-0.3, -0.25) is 4.90 Å². The molecule has 0 radical (unpaired) electrons. The first-order chi connectivity index (χ1) is 8.41. The fourth-order valence-corrected chi connectivity index (χ4v) is 2.99. The second-order valence-corrected chi connectivity index (χ2v) is 6.43. The number of nitrogens with one attached hydrogen (secondary N) is 1. The van der Waals surface area contributed by atoms with Gasteiger partial charge in [0.1, 0.15) is 0 Å². The number of rotatable bonds is 6. The molecule has 0 aliphatic carbocycles. The van der Waals surface area contributed by atoms with Crippen molar-refractivity contribution in [3.8, 4) is 0 Å². The average molecular weight is 255 g/mol. The van der Waals surface area contributed by atoms with Gasteiger partial charge in [0, 0.05) is 37.3 Å². The molecule has 1 saturated heterocycles. The maximum absolute atomic E-state index is 3.74. The highest BCUT2D eigenvalue weighted by Gasteiger charge is 2.22. The van der Waals surface area contributed by atoms with Gasteiger partial charge in [-0.25, -0.2) is 0 Å². The highest BCUT2D eigenvalue weighted by atomic mass is 15.2. The van der Waals surface area contributed by atoms with E-state index in [-0.39, 0.29) is 0 Å². The Morgan fingerprint density at radius 1 is 1.22 bits per heavy atom. The molecule has 0 aromatic rings. The van der Waals surface area contributed by atoms with Crippen LogP contribution < -0.4 is 5.32 Å². The number of likely N-dealkylation sites (tertiary alicyclic amines) is 1. The van der Waals surface area contributed by atoms with Crippen LogP contribution in [0.4, 0.5) is 0 Å². The summed E-state index contributed by atoms with van der Waals surface area (Å²) in [6.07, 6.45) is 2.59. The molecule has 108 valence electrons. The summed E-state index contributed by atoms with van der Waals surface area (Å²) in [6.45, 7) is 15.0. The first kappa shape index (κ1) is 15.9. The number of nitrogens with zero attached hydrogens (tertiary/aromatic N) is 2. The Hall–Kier alpha value is -0.120. The molecule has 1 fully saturated rings. The lowest BCUT2D eigenvalue weighted by Crippen LogP contribution is -2.48. The fourth-order valence-electron chi connectivity index (χ4n) is 2.99. The van der Waals surface area contributed by atoms with Crippen molar-refractivity contribution < 1.29 is 0 Å². The van der Waals surface area contributed by atoms with E-state index in [1.807, 2.05) is 0 Å². The normalized spacial score (nSPS) is 26.5.